The van der Waals surface area contributed by atoms with Gasteiger partial charge in [0, 0.05) is 26.7 Å². The highest BCUT2D eigenvalue weighted by Crippen LogP contribution is 2.15. The molecule has 1 aliphatic heterocycles. The number of hydrogen-bond acceptors (Lipinski definition) is 2. The number of aliphatic imine (C=N–C) groups is 1. The van der Waals surface area contributed by atoms with Crippen molar-refractivity contribution in [3.05, 3.63) is 35.6 Å². The average Bonchev–Trinajstić information content (AvgIpc) is 2.61. The number of benzene rings is 1. The number of halogens is 2. The fourth-order valence-electron chi connectivity index (χ4n) is 3.39. The van der Waals surface area contributed by atoms with Gasteiger partial charge in [0.1, 0.15) is 5.82 Å². The number of likely N-dealkylation sites (tertiary alicyclic amines) is 1. The maximum Gasteiger partial charge on any atom is 0.190 e. The van der Waals surface area contributed by atoms with Gasteiger partial charge in [-0.3, -0.25) is 4.99 Å². The molecule has 1 saturated heterocycles. The minimum Gasteiger partial charge on any atom is -0.356 e. The lowest BCUT2D eigenvalue weighted by Crippen LogP contribution is -2.39. The zero-order valence-electron chi connectivity index (χ0n) is 16.1. The molecule has 1 aliphatic rings. The van der Waals surface area contributed by atoms with Crippen LogP contribution < -0.4 is 10.6 Å². The minimum absolute atomic E-state index is 0. The Hall–Kier alpha value is -0.890. The Kier molecular flexibility index (Phi) is 11.8. The molecular formula is C20H34FIN4. The molecule has 0 spiro atoms. The summed E-state index contributed by atoms with van der Waals surface area (Å²) in [6.45, 7) is 7.66. The van der Waals surface area contributed by atoms with Crippen LogP contribution in [0, 0.1) is 11.7 Å². The normalized spacial score (nSPS) is 18.3. The second-order valence-electron chi connectivity index (χ2n) is 7.02. The highest BCUT2D eigenvalue weighted by atomic mass is 127. The smallest absolute Gasteiger partial charge is 0.190 e. The summed E-state index contributed by atoms with van der Waals surface area (Å²) < 4.78 is 13.6. The molecule has 0 aliphatic carbocycles. The SMILES string of the molecule is CN=C(NCCCCN1CCCC(C)C1)NCCc1ccccc1F.I. The van der Waals surface area contributed by atoms with Crippen LogP contribution in [0.2, 0.25) is 0 Å². The van der Waals surface area contributed by atoms with Gasteiger partial charge < -0.3 is 15.5 Å². The van der Waals surface area contributed by atoms with Gasteiger partial charge in [-0.1, -0.05) is 25.1 Å². The molecule has 1 unspecified atom stereocenters. The first-order valence-electron chi connectivity index (χ1n) is 9.59. The van der Waals surface area contributed by atoms with Crippen LogP contribution in [0.4, 0.5) is 4.39 Å². The molecule has 6 heteroatoms. The molecular weight excluding hydrogens is 442 g/mol. The predicted octanol–water partition coefficient (Wildman–Crippen LogP) is 3.66. The van der Waals surface area contributed by atoms with E-state index in [-0.39, 0.29) is 29.8 Å². The van der Waals surface area contributed by atoms with Gasteiger partial charge in [0.05, 0.1) is 0 Å². The van der Waals surface area contributed by atoms with Crippen molar-refractivity contribution in [2.24, 2.45) is 10.9 Å². The van der Waals surface area contributed by atoms with E-state index in [1.54, 1.807) is 13.1 Å². The maximum absolute atomic E-state index is 13.6. The second-order valence-corrected chi connectivity index (χ2v) is 7.02. The van der Waals surface area contributed by atoms with E-state index in [0.717, 1.165) is 30.4 Å². The van der Waals surface area contributed by atoms with Crippen LogP contribution in [0.15, 0.2) is 29.3 Å². The lowest BCUT2D eigenvalue weighted by Gasteiger charge is -2.30. The molecule has 0 bridgehead atoms. The van der Waals surface area contributed by atoms with Crippen LogP contribution in [0.1, 0.15) is 38.2 Å². The van der Waals surface area contributed by atoms with E-state index < -0.39 is 0 Å². The number of hydrogen-bond donors (Lipinski definition) is 2. The van der Waals surface area contributed by atoms with Gasteiger partial charge in [0.2, 0.25) is 0 Å². The summed E-state index contributed by atoms with van der Waals surface area (Å²) >= 11 is 0. The maximum atomic E-state index is 13.6. The monoisotopic (exact) mass is 476 g/mol. The second kappa shape index (κ2) is 13.3. The Labute approximate surface area is 175 Å². The van der Waals surface area contributed by atoms with Gasteiger partial charge >= 0.3 is 0 Å². The fourth-order valence-corrected chi connectivity index (χ4v) is 3.39. The Bertz CT molecular complexity index is 538. The number of nitrogens with zero attached hydrogens (tertiary/aromatic N) is 2. The van der Waals surface area contributed by atoms with Crippen LogP contribution in [-0.4, -0.2) is 50.6 Å². The molecule has 0 saturated carbocycles. The Morgan fingerprint density at radius 3 is 2.73 bits per heavy atom. The number of piperidine rings is 1. The van der Waals surface area contributed by atoms with E-state index in [1.807, 2.05) is 12.1 Å². The van der Waals surface area contributed by atoms with Crippen molar-refractivity contribution in [1.82, 2.24) is 15.5 Å². The average molecular weight is 476 g/mol. The third kappa shape index (κ3) is 8.66. The molecule has 0 aromatic heterocycles. The summed E-state index contributed by atoms with van der Waals surface area (Å²) in [5, 5.41) is 6.60. The number of guanidine groups is 1. The van der Waals surface area contributed by atoms with Crippen molar-refractivity contribution >= 4 is 29.9 Å². The van der Waals surface area contributed by atoms with Crippen LogP contribution in [0.25, 0.3) is 0 Å². The molecule has 1 atom stereocenters. The first-order valence-corrected chi connectivity index (χ1v) is 9.59. The third-order valence-corrected chi connectivity index (χ3v) is 4.80. The topological polar surface area (TPSA) is 39.7 Å². The molecule has 2 N–H and O–H groups in total. The third-order valence-electron chi connectivity index (χ3n) is 4.80. The first kappa shape index (κ1) is 23.1. The molecule has 2 rings (SSSR count). The Morgan fingerprint density at radius 1 is 1.23 bits per heavy atom. The van der Waals surface area contributed by atoms with E-state index in [0.29, 0.717) is 13.0 Å². The summed E-state index contributed by atoms with van der Waals surface area (Å²) in [5.41, 5.74) is 0.737. The van der Waals surface area contributed by atoms with E-state index in [1.165, 1.54) is 45.0 Å². The highest BCUT2D eigenvalue weighted by molar-refractivity contribution is 14.0. The van der Waals surface area contributed by atoms with Crippen LogP contribution in [-0.2, 0) is 6.42 Å². The van der Waals surface area contributed by atoms with E-state index in [4.69, 9.17) is 0 Å². The van der Waals surface area contributed by atoms with Gasteiger partial charge in [-0.25, -0.2) is 4.39 Å². The first-order chi connectivity index (χ1) is 12.2. The summed E-state index contributed by atoms with van der Waals surface area (Å²) in [6, 6.07) is 6.92. The Balaban J connectivity index is 0.00000338. The molecule has 1 heterocycles. The molecule has 0 amide bonds. The van der Waals surface area contributed by atoms with E-state index >= 15 is 0 Å². The van der Waals surface area contributed by atoms with Crippen molar-refractivity contribution in [2.45, 2.75) is 39.0 Å². The van der Waals surface area contributed by atoms with Crippen molar-refractivity contribution < 1.29 is 4.39 Å². The Morgan fingerprint density at radius 2 is 2.00 bits per heavy atom. The quantitative estimate of drug-likeness (QED) is 0.261. The number of unbranched alkanes of at least 4 members (excludes halogenated alkanes) is 1. The fraction of sp³-hybridized carbons (Fsp3) is 0.650. The van der Waals surface area contributed by atoms with Crippen molar-refractivity contribution in [2.75, 3.05) is 39.8 Å². The molecule has 26 heavy (non-hydrogen) atoms. The van der Waals surface area contributed by atoms with Crippen molar-refractivity contribution in [1.29, 1.82) is 0 Å². The van der Waals surface area contributed by atoms with Crippen LogP contribution >= 0.6 is 24.0 Å². The highest BCUT2D eigenvalue weighted by Gasteiger charge is 2.15. The molecule has 4 nitrogen and oxygen atoms in total. The summed E-state index contributed by atoms with van der Waals surface area (Å²) in [4.78, 5) is 6.82. The predicted molar refractivity (Wildman–Crippen MR) is 119 cm³/mol. The molecule has 1 aromatic rings. The number of nitrogens with one attached hydrogen (secondary N) is 2. The lowest BCUT2D eigenvalue weighted by atomic mass is 10.0. The zero-order valence-corrected chi connectivity index (χ0v) is 18.5. The van der Waals surface area contributed by atoms with Gasteiger partial charge in [-0.05, 0) is 62.7 Å². The summed E-state index contributed by atoms with van der Waals surface area (Å²) in [5.74, 6) is 1.51. The molecule has 148 valence electrons. The summed E-state index contributed by atoms with van der Waals surface area (Å²) in [7, 11) is 1.77. The molecule has 1 aromatic carbocycles. The van der Waals surface area contributed by atoms with E-state index in [9.17, 15) is 4.39 Å². The van der Waals surface area contributed by atoms with Gasteiger partial charge in [-0.2, -0.15) is 0 Å². The van der Waals surface area contributed by atoms with Crippen molar-refractivity contribution in [3.63, 3.8) is 0 Å². The number of rotatable bonds is 8. The summed E-state index contributed by atoms with van der Waals surface area (Å²) in [6.07, 6.45) is 5.73. The zero-order chi connectivity index (χ0) is 17.9. The van der Waals surface area contributed by atoms with Crippen LogP contribution in [0.5, 0.6) is 0 Å². The standard InChI is InChI=1S/C20H33FN4.HI/c1-17-8-7-15-25(16-17)14-6-5-12-23-20(22-2)24-13-11-18-9-3-4-10-19(18)21;/h3-4,9-10,17H,5-8,11-16H2,1-2H3,(H2,22,23,24);1H. The minimum atomic E-state index is -0.140. The molecule has 1 fully saturated rings. The lowest BCUT2D eigenvalue weighted by molar-refractivity contribution is 0.181. The van der Waals surface area contributed by atoms with Gasteiger partial charge in [-0.15, -0.1) is 24.0 Å². The van der Waals surface area contributed by atoms with E-state index in [2.05, 4.69) is 27.4 Å². The van der Waals surface area contributed by atoms with Gasteiger partial charge in [0.15, 0.2) is 5.96 Å². The van der Waals surface area contributed by atoms with Crippen LogP contribution in [0.3, 0.4) is 0 Å². The molecule has 0 radical (unpaired) electrons. The van der Waals surface area contributed by atoms with Gasteiger partial charge in [0.25, 0.3) is 0 Å². The largest absolute Gasteiger partial charge is 0.356 e. The van der Waals surface area contributed by atoms with Crippen molar-refractivity contribution in [3.8, 4) is 0 Å².